The summed E-state index contributed by atoms with van der Waals surface area (Å²) in [5.74, 6) is -0.0329. The van der Waals surface area contributed by atoms with Crippen LogP contribution in [0.2, 0.25) is 0 Å². The van der Waals surface area contributed by atoms with Gasteiger partial charge in [0, 0.05) is 6.08 Å². The molecule has 0 bridgehead atoms. The van der Waals surface area contributed by atoms with Gasteiger partial charge in [-0.2, -0.15) is 0 Å². The summed E-state index contributed by atoms with van der Waals surface area (Å²) in [6.07, 6.45) is 8.24. The highest BCUT2D eigenvalue weighted by Crippen LogP contribution is 2.13. The molecule has 0 radical (unpaired) electrons. The quantitative estimate of drug-likeness (QED) is 0.543. The molecule has 0 fully saturated rings. The third-order valence-corrected chi connectivity index (χ3v) is 2.80. The van der Waals surface area contributed by atoms with E-state index in [1.54, 1.807) is 6.08 Å². The summed E-state index contributed by atoms with van der Waals surface area (Å²) < 4.78 is 5.64. The van der Waals surface area contributed by atoms with Gasteiger partial charge in [0.05, 0.1) is 6.61 Å². The molecule has 0 aliphatic carbocycles. The number of aliphatic carboxylic acids is 1. The van der Waals surface area contributed by atoms with E-state index in [1.165, 1.54) is 19.3 Å². The molecule has 0 saturated heterocycles. The van der Waals surface area contributed by atoms with Crippen molar-refractivity contribution in [1.82, 2.24) is 0 Å². The molecule has 0 heterocycles. The van der Waals surface area contributed by atoms with Crippen LogP contribution in [-0.2, 0) is 11.2 Å². The Kier molecular flexibility index (Phi) is 7.40. The van der Waals surface area contributed by atoms with E-state index in [9.17, 15) is 4.79 Å². The molecule has 3 nitrogen and oxygen atoms in total. The molecule has 0 aliphatic rings. The van der Waals surface area contributed by atoms with Crippen LogP contribution in [0.5, 0.6) is 5.75 Å². The molecular weight excluding hydrogens is 240 g/mol. The van der Waals surface area contributed by atoms with Crippen molar-refractivity contribution < 1.29 is 14.6 Å². The predicted molar refractivity (Wildman–Crippen MR) is 76.6 cm³/mol. The van der Waals surface area contributed by atoms with Gasteiger partial charge in [-0.3, -0.25) is 0 Å². The molecule has 104 valence electrons. The third kappa shape index (κ3) is 7.29. The summed E-state index contributed by atoms with van der Waals surface area (Å²) in [5.41, 5.74) is 1.08. The Hall–Kier alpha value is -1.77. The number of carbonyl (C=O) groups is 1. The summed E-state index contributed by atoms with van der Waals surface area (Å²) in [7, 11) is 0. The zero-order chi connectivity index (χ0) is 13.9. The monoisotopic (exact) mass is 262 g/mol. The maximum atomic E-state index is 10.3. The van der Waals surface area contributed by atoms with Crippen LogP contribution in [0, 0.1) is 0 Å². The van der Waals surface area contributed by atoms with Crippen molar-refractivity contribution in [2.24, 2.45) is 0 Å². The van der Waals surface area contributed by atoms with E-state index < -0.39 is 5.97 Å². The molecule has 0 saturated carbocycles. The van der Waals surface area contributed by atoms with Crippen LogP contribution in [0.1, 0.15) is 38.2 Å². The number of carboxylic acid groups (broad SMARTS) is 1. The molecule has 1 aromatic rings. The Labute approximate surface area is 114 Å². The van der Waals surface area contributed by atoms with Crippen LogP contribution >= 0.6 is 0 Å². The van der Waals surface area contributed by atoms with Crippen molar-refractivity contribution in [3.8, 4) is 5.75 Å². The minimum absolute atomic E-state index is 0.628. The van der Waals surface area contributed by atoms with Crippen LogP contribution in [0.3, 0.4) is 0 Å². The van der Waals surface area contributed by atoms with Gasteiger partial charge >= 0.3 is 5.97 Å². The van der Waals surface area contributed by atoms with E-state index in [0.717, 1.165) is 30.4 Å². The maximum Gasteiger partial charge on any atom is 0.327 e. The zero-order valence-electron chi connectivity index (χ0n) is 11.5. The van der Waals surface area contributed by atoms with E-state index in [0.29, 0.717) is 6.42 Å². The molecule has 0 aliphatic heterocycles. The largest absolute Gasteiger partial charge is 0.494 e. The van der Waals surface area contributed by atoms with Crippen LogP contribution in [-0.4, -0.2) is 17.7 Å². The first-order valence-electron chi connectivity index (χ1n) is 6.83. The van der Waals surface area contributed by atoms with E-state index in [1.807, 2.05) is 24.3 Å². The van der Waals surface area contributed by atoms with Crippen molar-refractivity contribution in [2.75, 3.05) is 6.61 Å². The lowest BCUT2D eigenvalue weighted by atomic mass is 10.1. The predicted octanol–water partition coefficient (Wildman–Crippen LogP) is 3.83. The fourth-order valence-electron chi connectivity index (χ4n) is 1.74. The number of allylic oxidation sites excluding steroid dienone is 1. The standard InChI is InChI=1S/C16H22O3/c1-2-3-4-5-13-19-15-11-9-14(10-12-15)7-6-8-16(17)18/h6,8-12H,2-5,7,13H2,1H3,(H,17,18). The van der Waals surface area contributed by atoms with Crippen LogP contribution < -0.4 is 4.74 Å². The Morgan fingerprint density at radius 2 is 1.95 bits per heavy atom. The van der Waals surface area contributed by atoms with E-state index in [-0.39, 0.29) is 0 Å². The summed E-state index contributed by atoms with van der Waals surface area (Å²) >= 11 is 0. The average molecular weight is 262 g/mol. The lowest BCUT2D eigenvalue weighted by Crippen LogP contribution is -1.97. The Morgan fingerprint density at radius 1 is 1.21 bits per heavy atom. The highest BCUT2D eigenvalue weighted by atomic mass is 16.5. The fourth-order valence-corrected chi connectivity index (χ4v) is 1.74. The molecular formula is C16H22O3. The molecule has 1 aromatic carbocycles. The number of hydrogen-bond acceptors (Lipinski definition) is 2. The normalized spacial score (nSPS) is 10.8. The number of benzene rings is 1. The van der Waals surface area contributed by atoms with E-state index in [4.69, 9.17) is 9.84 Å². The second-order valence-corrected chi connectivity index (χ2v) is 4.50. The van der Waals surface area contributed by atoms with Gasteiger partial charge in [-0.25, -0.2) is 4.79 Å². The van der Waals surface area contributed by atoms with E-state index in [2.05, 4.69) is 6.92 Å². The Bertz CT molecular complexity index is 393. The highest BCUT2D eigenvalue weighted by molar-refractivity contribution is 5.79. The first kappa shape index (κ1) is 15.3. The average Bonchev–Trinajstić information content (AvgIpc) is 2.40. The minimum Gasteiger partial charge on any atom is -0.494 e. The molecule has 0 aromatic heterocycles. The molecule has 19 heavy (non-hydrogen) atoms. The van der Waals surface area contributed by atoms with Gasteiger partial charge in [0.25, 0.3) is 0 Å². The SMILES string of the molecule is CCCCCCOc1ccc(CC=CC(=O)O)cc1. The summed E-state index contributed by atoms with van der Waals surface area (Å²) in [6.45, 7) is 2.96. The molecule has 0 atom stereocenters. The number of rotatable bonds is 9. The minimum atomic E-state index is -0.910. The fraction of sp³-hybridized carbons (Fsp3) is 0.438. The second-order valence-electron chi connectivity index (χ2n) is 4.50. The summed E-state index contributed by atoms with van der Waals surface area (Å²) in [5, 5.41) is 8.49. The first-order valence-corrected chi connectivity index (χ1v) is 6.83. The van der Waals surface area contributed by atoms with Gasteiger partial charge in [-0.1, -0.05) is 44.4 Å². The number of hydrogen-bond donors (Lipinski definition) is 1. The first-order chi connectivity index (χ1) is 9.22. The Balaban J connectivity index is 2.29. The van der Waals surface area contributed by atoms with Gasteiger partial charge < -0.3 is 9.84 Å². The van der Waals surface area contributed by atoms with Crippen LogP contribution in [0.4, 0.5) is 0 Å². The summed E-state index contributed by atoms with van der Waals surface area (Å²) in [6, 6.07) is 7.80. The van der Waals surface area contributed by atoms with Crippen molar-refractivity contribution in [3.63, 3.8) is 0 Å². The van der Waals surface area contributed by atoms with Gasteiger partial charge in [0.2, 0.25) is 0 Å². The van der Waals surface area contributed by atoms with Crippen molar-refractivity contribution >= 4 is 5.97 Å². The maximum absolute atomic E-state index is 10.3. The molecule has 0 amide bonds. The molecule has 1 N–H and O–H groups in total. The van der Waals surface area contributed by atoms with Crippen molar-refractivity contribution in [3.05, 3.63) is 42.0 Å². The molecule has 1 rings (SSSR count). The van der Waals surface area contributed by atoms with Crippen LogP contribution in [0.25, 0.3) is 0 Å². The van der Waals surface area contributed by atoms with E-state index >= 15 is 0 Å². The lowest BCUT2D eigenvalue weighted by molar-refractivity contribution is -0.131. The lowest BCUT2D eigenvalue weighted by Gasteiger charge is -2.06. The topological polar surface area (TPSA) is 46.5 Å². The van der Waals surface area contributed by atoms with Crippen molar-refractivity contribution in [2.45, 2.75) is 39.0 Å². The zero-order valence-corrected chi connectivity index (χ0v) is 11.5. The second kappa shape index (κ2) is 9.20. The number of unbranched alkanes of at least 4 members (excludes halogenated alkanes) is 3. The van der Waals surface area contributed by atoms with Crippen molar-refractivity contribution in [1.29, 1.82) is 0 Å². The molecule has 3 heteroatoms. The smallest absolute Gasteiger partial charge is 0.327 e. The number of carboxylic acids is 1. The summed E-state index contributed by atoms with van der Waals surface area (Å²) in [4.78, 5) is 10.3. The number of ether oxygens (including phenoxy) is 1. The molecule has 0 unspecified atom stereocenters. The molecule has 0 spiro atoms. The Morgan fingerprint density at radius 3 is 2.58 bits per heavy atom. The van der Waals surface area contributed by atoms with Gasteiger partial charge in [0.1, 0.15) is 5.75 Å². The highest BCUT2D eigenvalue weighted by Gasteiger charge is 1.95. The third-order valence-electron chi connectivity index (χ3n) is 2.80. The van der Waals surface area contributed by atoms with Gasteiger partial charge in [-0.15, -0.1) is 0 Å². The van der Waals surface area contributed by atoms with Gasteiger partial charge in [0.15, 0.2) is 0 Å². The van der Waals surface area contributed by atoms with Crippen LogP contribution in [0.15, 0.2) is 36.4 Å². The van der Waals surface area contributed by atoms with Gasteiger partial charge in [-0.05, 0) is 30.5 Å².